The van der Waals surface area contributed by atoms with Crippen LogP contribution in [0.15, 0.2) is 0 Å². The lowest BCUT2D eigenvalue weighted by Gasteiger charge is -2.53. The first kappa shape index (κ1) is 20.0. The molecule has 5 atom stereocenters. The minimum atomic E-state index is 0.551. The Morgan fingerprint density at radius 2 is 1.45 bits per heavy atom. The van der Waals surface area contributed by atoms with Crippen LogP contribution in [0, 0.1) is 23.2 Å². The number of rotatable bonds is 6. The van der Waals surface area contributed by atoms with Gasteiger partial charge in [0.1, 0.15) is 0 Å². The summed E-state index contributed by atoms with van der Waals surface area (Å²) in [5, 5.41) is 0. The molecule has 0 N–H and O–H groups in total. The molecule has 1 aliphatic rings. The van der Waals surface area contributed by atoms with E-state index in [9.17, 15) is 0 Å². The SMILES string of the molecule is CCCCC1(C(C)CCC)C(C)CC(C)N(C)C(C)CC1C. The Bertz CT molecular complexity index is 293. The Morgan fingerprint density at radius 3 is 1.86 bits per heavy atom. The number of unbranched alkanes of at least 4 members (excludes halogenated alkanes) is 1. The average Bonchev–Trinajstić information content (AvgIpc) is 2.46. The van der Waals surface area contributed by atoms with E-state index in [1.807, 2.05) is 0 Å². The first-order chi connectivity index (χ1) is 10.3. The molecule has 0 saturated carbocycles. The van der Waals surface area contributed by atoms with Crippen LogP contribution in [0.3, 0.4) is 0 Å². The number of nitrogens with zero attached hydrogens (tertiary/aromatic N) is 1. The summed E-state index contributed by atoms with van der Waals surface area (Å²) in [5.41, 5.74) is 0.551. The van der Waals surface area contributed by atoms with Crippen LogP contribution in [0.25, 0.3) is 0 Å². The van der Waals surface area contributed by atoms with Gasteiger partial charge >= 0.3 is 0 Å². The van der Waals surface area contributed by atoms with Crippen molar-refractivity contribution in [2.75, 3.05) is 7.05 Å². The molecule has 0 aromatic rings. The molecule has 22 heavy (non-hydrogen) atoms. The Labute approximate surface area is 141 Å². The van der Waals surface area contributed by atoms with E-state index in [0.29, 0.717) is 17.5 Å². The standard InChI is InChI=1S/C21H43N/c1-9-11-13-21(16(3)12-10-2)17(4)14-19(6)22(8)20(7)15-18(21)5/h16-20H,9-15H2,1-8H3. The van der Waals surface area contributed by atoms with Gasteiger partial charge in [-0.15, -0.1) is 0 Å². The van der Waals surface area contributed by atoms with Gasteiger partial charge in [0.05, 0.1) is 0 Å². The number of likely N-dealkylation sites (tertiary alicyclic amines) is 1. The van der Waals surface area contributed by atoms with Crippen molar-refractivity contribution >= 4 is 0 Å². The van der Waals surface area contributed by atoms with Gasteiger partial charge in [-0.2, -0.15) is 0 Å². The van der Waals surface area contributed by atoms with Crippen molar-refractivity contribution in [3.05, 3.63) is 0 Å². The monoisotopic (exact) mass is 309 g/mol. The Kier molecular flexibility index (Phi) is 7.92. The summed E-state index contributed by atoms with van der Waals surface area (Å²) in [7, 11) is 2.34. The molecule has 1 saturated heterocycles. The second-order valence-corrected chi connectivity index (χ2v) is 8.54. The van der Waals surface area contributed by atoms with E-state index < -0.39 is 0 Å². The largest absolute Gasteiger partial charge is 0.301 e. The van der Waals surface area contributed by atoms with E-state index in [0.717, 1.165) is 17.8 Å². The fourth-order valence-corrected chi connectivity index (χ4v) is 5.61. The Hall–Kier alpha value is -0.0400. The molecule has 1 rings (SSSR count). The maximum Gasteiger partial charge on any atom is 0.00694 e. The van der Waals surface area contributed by atoms with Gasteiger partial charge in [-0.3, -0.25) is 0 Å². The van der Waals surface area contributed by atoms with Gasteiger partial charge in [-0.1, -0.05) is 60.3 Å². The van der Waals surface area contributed by atoms with Crippen LogP contribution < -0.4 is 0 Å². The van der Waals surface area contributed by atoms with Crippen LogP contribution >= 0.6 is 0 Å². The highest BCUT2D eigenvalue weighted by atomic mass is 15.2. The molecule has 1 nitrogen and oxygen atoms in total. The molecule has 0 radical (unpaired) electrons. The minimum absolute atomic E-state index is 0.551. The van der Waals surface area contributed by atoms with Crippen molar-refractivity contribution in [3.63, 3.8) is 0 Å². The molecule has 1 heteroatoms. The van der Waals surface area contributed by atoms with Gasteiger partial charge in [0, 0.05) is 12.1 Å². The van der Waals surface area contributed by atoms with Crippen molar-refractivity contribution in [1.82, 2.24) is 4.90 Å². The normalized spacial score (nSPS) is 39.3. The smallest absolute Gasteiger partial charge is 0.00694 e. The van der Waals surface area contributed by atoms with Crippen LogP contribution in [0.1, 0.15) is 93.4 Å². The zero-order chi connectivity index (χ0) is 16.9. The van der Waals surface area contributed by atoms with Gasteiger partial charge in [0.25, 0.3) is 0 Å². The van der Waals surface area contributed by atoms with Crippen molar-refractivity contribution in [1.29, 1.82) is 0 Å². The highest BCUT2D eigenvalue weighted by Crippen LogP contribution is 2.53. The molecular weight excluding hydrogens is 266 g/mol. The topological polar surface area (TPSA) is 3.24 Å². The van der Waals surface area contributed by atoms with E-state index in [1.54, 1.807) is 0 Å². The maximum absolute atomic E-state index is 2.63. The third-order valence-corrected chi connectivity index (χ3v) is 7.22. The molecule has 5 unspecified atom stereocenters. The van der Waals surface area contributed by atoms with Crippen molar-refractivity contribution in [2.45, 2.75) is 105 Å². The summed E-state index contributed by atoms with van der Waals surface area (Å²) in [5.74, 6) is 2.53. The zero-order valence-electron chi connectivity index (χ0n) is 16.8. The Balaban J connectivity index is 3.16. The van der Waals surface area contributed by atoms with Crippen LogP contribution in [0.4, 0.5) is 0 Å². The predicted molar refractivity (Wildman–Crippen MR) is 100 cm³/mol. The zero-order valence-corrected chi connectivity index (χ0v) is 16.8. The summed E-state index contributed by atoms with van der Waals surface area (Å²) in [6.07, 6.45) is 9.64. The first-order valence-electron chi connectivity index (χ1n) is 10.0. The van der Waals surface area contributed by atoms with Gasteiger partial charge in [-0.25, -0.2) is 0 Å². The van der Waals surface area contributed by atoms with Crippen LogP contribution in [-0.2, 0) is 0 Å². The first-order valence-corrected chi connectivity index (χ1v) is 10.0. The van der Waals surface area contributed by atoms with Crippen LogP contribution in [-0.4, -0.2) is 24.0 Å². The lowest BCUT2D eigenvalue weighted by molar-refractivity contribution is -0.0414. The second-order valence-electron chi connectivity index (χ2n) is 8.54. The highest BCUT2D eigenvalue weighted by molar-refractivity contribution is 4.97. The van der Waals surface area contributed by atoms with Gasteiger partial charge < -0.3 is 4.90 Å². The molecule has 0 amide bonds. The summed E-state index contributed by atoms with van der Waals surface area (Å²) in [6.45, 7) is 17.3. The average molecular weight is 310 g/mol. The lowest BCUT2D eigenvalue weighted by atomic mass is 9.54. The third kappa shape index (κ3) is 4.08. The van der Waals surface area contributed by atoms with Crippen molar-refractivity contribution in [3.8, 4) is 0 Å². The molecule has 0 aliphatic carbocycles. The molecule has 0 bridgehead atoms. The Morgan fingerprint density at radius 1 is 0.955 bits per heavy atom. The summed E-state index contributed by atoms with van der Waals surface area (Å²) in [4.78, 5) is 2.63. The van der Waals surface area contributed by atoms with Crippen LogP contribution in [0.2, 0.25) is 0 Å². The second kappa shape index (κ2) is 8.71. The van der Waals surface area contributed by atoms with Crippen LogP contribution in [0.5, 0.6) is 0 Å². The maximum atomic E-state index is 2.63. The molecule has 1 heterocycles. The lowest BCUT2D eigenvalue weighted by Crippen LogP contribution is -2.50. The van der Waals surface area contributed by atoms with Gasteiger partial charge in [0.15, 0.2) is 0 Å². The molecular formula is C21H43N. The molecule has 132 valence electrons. The van der Waals surface area contributed by atoms with Crippen molar-refractivity contribution < 1.29 is 0 Å². The molecule has 0 spiro atoms. The molecule has 1 aliphatic heterocycles. The summed E-state index contributed by atoms with van der Waals surface area (Å²) in [6, 6.07) is 1.43. The quantitative estimate of drug-likeness (QED) is 0.550. The van der Waals surface area contributed by atoms with E-state index in [-0.39, 0.29) is 0 Å². The molecule has 1 fully saturated rings. The number of hydrogen-bond donors (Lipinski definition) is 0. The number of hydrogen-bond acceptors (Lipinski definition) is 1. The van der Waals surface area contributed by atoms with E-state index in [2.05, 4.69) is 60.4 Å². The summed E-state index contributed by atoms with van der Waals surface area (Å²) < 4.78 is 0. The van der Waals surface area contributed by atoms with Gasteiger partial charge in [0.2, 0.25) is 0 Å². The fourth-order valence-electron chi connectivity index (χ4n) is 5.61. The van der Waals surface area contributed by atoms with E-state index in [4.69, 9.17) is 0 Å². The fraction of sp³-hybridized carbons (Fsp3) is 1.00. The van der Waals surface area contributed by atoms with Crippen molar-refractivity contribution in [2.24, 2.45) is 23.2 Å². The minimum Gasteiger partial charge on any atom is -0.301 e. The third-order valence-electron chi connectivity index (χ3n) is 7.22. The molecule has 0 aromatic carbocycles. The summed E-state index contributed by atoms with van der Waals surface area (Å²) >= 11 is 0. The predicted octanol–water partition coefficient (Wildman–Crippen LogP) is 6.37. The van der Waals surface area contributed by atoms with E-state index in [1.165, 1.54) is 44.9 Å². The highest BCUT2D eigenvalue weighted by Gasteiger charge is 2.46. The van der Waals surface area contributed by atoms with Gasteiger partial charge in [-0.05, 0) is 63.3 Å². The molecule has 0 aromatic heterocycles. The van der Waals surface area contributed by atoms with E-state index >= 15 is 0 Å².